The van der Waals surface area contributed by atoms with E-state index in [1.807, 2.05) is 0 Å². The molecule has 0 radical (unpaired) electrons. The quantitative estimate of drug-likeness (QED) is 0.420. The first-order valence-corrected chi connectivity index (χ1v) is 10.5. The number of amides is 1. The molecular weight excluding hydrogens is 389 g/mol. The summed E-state index contributed by atoms with van der Waals surface area (Å²) in [5.74, 6) is -1.63. The predicted molar refractivity (Wildman–Crippen MR) is 92.8 cm³/mol. The van der Waals surface area contributed by atoms with Gasteiger partial charge in [0.15, 0.2) is 0 Å². The Labute approximate surface area is 150 Å². The number of aliphatic carboxylic acids is 1. The van der Waals surface area contributed by atoms with Crippen molar-refractivity contribution in [2.75, 3.05) is 17.6 Å². The predicted octanol–water partition coefficient (Wildman–Crippen LogP) is 0.00330. The molecule has 0 saturated carbocycles. The fourth-order valence-corrected chi connectivity index (χ4v) is 3.82. The maximum Gasteiger partial charge on any atom is 0.339 e. The van der Waals surface area contributed by atoms with E-state index >= 15 is 0 Å². The zero-order valence-corrected chi connectivity index (χ0v) is 15.7. The largest absolute Gasteiger partial charge is 0.480 e. The van der Waals surface area contributed by atoms with Gasteiger partial charge in [-0.15, -0.1) is 0 Å². The Bertz CT molecular complexity index is 820. The molecule has 13 heteroatoms. The minimum Gasteiger partial charge on any atom is -0.480 e. The summed E-state index contributed by atoms with van der Waals surface area (Å²) >= 11 is 0. The van der Waals surface area contributed by atoms with Crippen LogP contribution in [0.2, 0.25) is 0 Å². The van der Waals surface area contributed by atoms with Gasteiger partial charge in [-0.25, -0.2) is 4.31 Å². The SMILES string of the molecule is CC(C)N1C(=O)c2ccccc2NS1(=O)=O.O=C(O)CNCP(=O)(O)O. The number of hydrogen-bond donors (Lipinski definition) is 5. The fourth-order valence-electron chi connectivity index (χ4n) is 2.00. The Morgan fingerprint density at radius 3 is 2.38 bits per heavy atom. The van der Waals surface area contributed by atoms with E-state index in [1.165, 1.54) is 0 Å². The van der Waals surface area contributed by atoms with E-state index < -0.39 is 48.6 Å². The maximum absolute atomic E-state index is 12.0. The number of carboxylic acid groups (broad SMARTS) is 1. The van der Waals surface area contributed by atoms with E-state index in [9.17, 15) is 22.6 Å². The molecule has 5 N–H and O–H groups in total. The molecule has 0 saturated heterocycles. The lowest BCUT2D eigenvalue weighted by atomic mass is 10.1. The smallest absolute Gasteiger partial charge is 0.339 e. The van der Waals surface area contributed by atoms with Gasteiger partial charge in [-0.05, 0) is 26.0 Å². The number of carbonyl (C=O) groups excluding carboxylic acids is 1. The number of nitrogens with zero attached hydrogens (tertiary/aromatic N) is 1. The third kappa shape index (κ3) is 6.39. The van der Waals surface area contributed by atoms with Crippen molar-refractivity contribution >= 4 is 35.4 Å². The molecule has 11 nitrogen and oxygen atoms in total. The van der Waals surface area contributed by atoms with Crippen molar-refractivity contribution in [3.63, 3.8) is 0 Å². The number of hydrogen-bond acceptors (Lipinski definition) is 6. The van der Waals surface area contributed by atoms with Crippen LogP contribution in [0, 0.1) is 0 Å². The number of para-hydroxylation sites is 1. The van der Waals surface area contributed by atoms with Gasteiger partial charge in [-0.1, -0.05) is 12.1 Å². The van der Waals surface area contributed by atoms with Crippen LogP contribution in [0.15, 0.2) is 24.3 Å². The van der Waals surface area contributed by atoms with Gasteiger partial charge in [-0.3, -0.25) is 24.2 Å². The highest BCUT2D eigenvalue weighted by atomic mass is 32.2. The Morgan fingerprint density at radius 1 is 1.31 bits per heavy atom. The monoisotopic (exact) mass is 409 g/mol. The molecule has 0 fully saturated rings. The Kier molecular flexibility index (Phi) is 7.30. The number of benzene rings is 1. The molecule has 1 heterocycles. The average molecular weight is 409 g/mol. The zero-order valence-electron chi connectivity index (χ0n) is 14.0. The highest BCUT2D eigenvalue weighted by molar-refractivity contribution is 7.91. The highest BCUT2D eigenvalue weighted by Gasteiger charge is 2.36. The summed E-state index contributed by atoms with van der Waals surface area (Å²) in [5.41, 5.74) is 0.718. The molecule has 0 aromatic heterocycles. The van der Waals surface area contributed by atoms with Crippen LogP contribution < -0.4 is 10.0 Å². The number of fused-ring (bicyclic) bond motifs is 1. The lowest BCUT2D eigenvalue weighted by Crippen LogP contribution is -2.48. The van der Waals surface area contributed by atoms with Crippen LogP contribution in [0.3, 0.4) is 0 Å². The molecule has 1 aromatic rings. The Balaban J connectivity index is 0.000000294. The molecule has 0 atom stereocenters. The summed E-state index contributed by atoms with van der Waals surface area (Å²) in [6.45, 7) is 2.88. The summed E-state index contributed by atoms with van der Waals surface area (Å²) < 4.78 is 36.9. The summed E-state index contributed by atoms with van der Waals surface area (Å²) in [6, 6.07) is 6.16. The summed E-state index contributed by atoms with van der Waals surface area (Å²) in [5, 5.41) is 10.1. The minimum atomic E-state index is -4.10. The van der Waals surface area contributed by atoms with E-state index in [4.69, 9.17) is 14.9 Å². The second-order valence-electron chi connectivity index (χ2n) is 5.49. The van der Waals surface area contributed by atoms with Crippen LogP contribution in [0.5, 0.6) is 0 Å². The molecule has 0 spiro atoms. The zero-order chi connectivity index (χ0) is 20.1. The molecule has 1 aromatic carbocycles. The van der Waals surface area contributed by atoms with Gasteiger partial charge in [0, 0.05) is 6.04 Å². The van der Waals surface area contributed by atoms with Crippen molar-refractivity contribution in [1.29, 1.82) is 0 Å². The number of nitrogens with one attached hydrogen (secondary N) is 2. The van der Waals surface area contributed by atoms with E-state index in [-0.39, 0.29) is 0 Å². The van der Waals surface area contributed by atoms with Gasteiger partial charge in [0.2, 0.25) is 0 Å². The van der Waals surface area contributed by atoms with Crippen molar-refractivity contribution in [1.82, 2.24) is 9.62 Å². The highest BCUT2D eigenvalue weighted by Crippen LogP contribution is 2.31. The van der Waals surface area contributed by atoms with Gasteiger partial charge >= 0.3 is 23.8 Å². The molecular formula is C13H20N3O8PS. The molecule has 0 aliphatic carbocycles. The molecule has 1 amide bonds. The molecule has 1 aliphatic rings. The molecule has 26 heavy (non-hydrogen) atoms. The normalized spacial score (nSPS) is 15.6. The third-order valence-electron chi connectivity index (χ3n) is 2.92. The van der Waals surface area contributed by atoms with Crippen molar-refractivity contribution in [2.45, 2.75) is 19.9 Å². The van der Waals surface area contributed by atoms with E-state index in [0.29, 0.717) is 11.3 Å². The number of rotatable bonds is 5. The lowest BCUT2D eigenvalue weighted by molar-refractivity contribution is -0.135. The van der Waals surface area contributed by atoms with Crippen molar-refractivity contribution in [3.8, 4) is 0 Å². The van der Waals surface area contributed by atoms with Crippen LogP contribution in [0.4, 0.5) is 5.69 Å². The van der Waals surface area contributed by atoms with Crippen molar-refractivity contribution < 1.29 is 37.5 Å². The van der Waals surface area contributed by atoms with Crippen molar-refractivity contribution in [2.24, 2.45) is 0 Å². The fraction of sp³-hybridized carbons (Fsp3) is 0.385. The minimum absolute atomic E-state index is 0.337. The molecule has 2 rings (SSSR count). The molecule has 0 unspecified atom stereocenters. The van der Waals surface area contributed by atoms with Gasteiger partial charge in [0.25, 0.3) is 5.91 Å². The summed E-state index contributed by atoms with van der Waals surface area (Å²) in [6.07, 6.45) is -0.598. The van der Waals surface area contributed by atoms with Crippen LogP contribution in [0.1, 0.15) is 24.2 Å². The van der Waals surface area contributed by atoms with Crippen LogP contribution in [-0.4, -0.2) is 58.4 Å². The number of anilines is 1. The lowest BCUT2D eigenvalue weighted by Gasteiger charge is -2.31. The van der Waals surface area contributed by atoms with Gasteiger partial charge in [-0.2, -0.15) is 8.42 Å². The maximum atomic E-state index is 12.0. The molecule has 146 valence electrons. The Hall–Kier alpha value is -1.98. The summed E-state index contributed by atoms with van der Waals surface area (Å²) in [7, 11) is -7.85. The van der Waals surface area contributed by atoms with Gasteiger partial charge in [0.1, 0.15) is 0 Å². The van der Waals surface area contributed by atoms with Crippen LogP contribution in [0.25, 0.3) is 0 Å². The first-order valence-electron chi connectivity index (χ1n) is 7.28. The van der Waals surface area contributed by atoms with E-state index in [1.54, 1.807) is 38.1 Å². The van der Waals surface area contributed by atoms with E-state index in [0.717, 1.165) is 4.31 Å². The number of carboxylic acids is 1. The van der Waals surface area contributed by atoms with Crippen molar-refractivity contribution in [3.05, 3.63) is 29.8 Å². The average Bonchev–Trinajstić information content (AvgIpc) is 2.44. The second-order valence-corrected chi connectivity index (χ2v) is 8.68. The third-order valence-corrected chi connectivity index (χ3v) is 5.14. The Morgan fingerprint density at radius 2 is 1.88 bits per heavy atom. The topological polar surface area (TPSA) is 173 Å². The van der Waals surface area contributed by atoms with Gasteiger partial charge < -0.3 is 14.9 Å². The standard InChI is InChI=1S/C10H12N2O3S.C3H8NO5P/c1-7(2)12-10(13)8-5-3-4-6-9(8)11-16(12,14)15;5-3(6)1-4-2-10(7,8)9/h3-7,11H,1-2H3;4H,1-2H2,(H,5,6)(H2,7,8,9). The number of carbonyl (C=O) groups is 2. The molecule has 1 aliphatic heterocycles. The van der Waals surface area contributed by atoms with Crippen LogP contribution in [-0.2, 0) is 19.6 Å². The van der Waals surface area contributed by atoms with Gasteiger partial charge in [0.05, 0.1) is 24.1 Å². The van der Waals surface area contributed by atoms with Crippen LogP contribution >= 0.6 is 7.60 Å². The molecule has 0 bridgehead atoms. The van der Waals surface area contributed by atoms with E-state index in [2.05, 4.69) is 10.0 Å². The summed E-state index contributed by atoms with van der Waals surface area (Å²) in [4.78, 5) is 38.1. The first kappa shape index (κ1) is 22.1. The second kappa shape index (κ2) is 8.60. The first-order chi connectivity index (χ1) is 11.8.